The van der Waals surface area contributed by atoms with Crippen LogP contribution in [0.4, 0.5) is 5.00 Å². The van der Waals surface area contributed by atoms with Gasteiger partial charge in [-0.1, -0.05) is 0 Å². The van der Waals surface area contributed by atoms with Gasteiger partial charge in [-0.3, -0.25) is 4.79 Å². The maximum atomic E-state index is 12.4. The van der Waals surface area contributed by atoms with Crippen molar-refractivity contribution in [2.24, 2.45) is 0 Å². The Morgan fingerprint density at radius 1 is 1.50 bits per heavy atom. The number of nitrogen functional groups attached to an aromatic ring is 1. The number of anilines is 1. The Morgan fingerprint density at radius 3 is 2.78 bits per heavy atom. The van der Waals surface area contributed by atoms with Crippen LogP contribution in [0.2, 0.25) is 0 Å². The van der Waals surface area contributed by atoms with Crippen molar-refractivity contribution < 1.29 is 14.3 Å². The number of nitrogens with zero attached hydrogens (tertiary/aromatic N) is 1. The van der Waals surface area contributed by atoms with E-state index in [0.717, 1.165) is 10.4 Å². The standard InChI is InChI=1S/C12H18N2O3S/c1-8-9(7-16-2)18-11(13)10(8)12(15)14-3-5-17-6-4-14/h3-7,13H2,1-2H3. The van der Waals surface area contributed by atoms with Crippen LogP contribution in [0.5, 0.6) is 0 Å². The summed E-state index contributed by atoms with van der Waals surface area (Å²) in [7, 11) is 1.64. The van der Waals surface area contributed by atoms with E-state index in [2.05, 4.69) is 0 Å². The summed E-state index contributed by atoms with van der Waals surface area (Å²) < 4.78 is 10.4. The smallest absolute Gasteiger partial charge is 0.257 e. The molecule has 1 saturated heterocycles. The van der Waals surface area contributed by atoms with Crippen molar-refractivity contribution in [2.75, 3.05) is 39.1 Å². The molecule has 0 atom stereocenters. The quantitative estimate of drug-likeness (QED) is 0.898. The van der Waals surface area contributed by atoms with E-state index in [4.69, 9.17) is 15.2 Å². The summed E-state index contributed by atoms with van der Waals surface area (Å²) in [6, 6.07) is 0. The molecule has 0 bridgehead atoms. The fourth-order valence-electron chi connectivity index (χ4n) is 2.04. The van der Waals surface area contributed by atoms with Crippen molar-refractivity contribution in [3.63, 3.8) is 0 Å². The first kappa shape index (κ1) is 13.3. The lowest BCUT2D eigenvalue weighted by Crippen LogP contribution is -2.41. The van der Waals surface area contributed by atoms with Gasteiger partial charge < -0.3 is 20.1 Å². The average molecular weight is 270 g/mol. The zero-order valence-corrected chi connectivity index (χ0v) is 11.5. The highest BCUT2D eigenvalue weighted by Crippen LogP contribution is 2.32. The first-order valence-electron chi connectivity index (χ1n) is 5.88. The van der Waals surface area contributed by atoms with Crippen LogP contribution < -0.4 is 5.73 Å². The minimum atomic E-state index is 0.00639. The van der Waals surface area contributed by atoms with Crippen molar-refractivity contribution in [2.45, 2.75) is 13.5 Å². The van der Waals surface area contributed by atoms with Gasteiger partial charge in [0.05, 0.1) is 30.4 Å². The van der Waals surface area contributed by atoms with Crippen LogP contribution >= 0.6 is 11.3 Å². The number of carbonyl (C=O) groups is 1. The fraction of sp³-hybridized carbons (Fsp3) is 0.583. The number of hydrogen-bond donors (Lipinski definition) is 1. The Labute approximate surface area is 110 Å². The van der Waals surface area contributed by atoms with Crippen LogP contribution in [0, 0.1) is 6.92 Å². The van der Waals surface area contributed by atoms with E-state index in [1.54, 1.807) is 12.0 Å². The van der Waals surface area contributed by atoms with Gasteiger partial charge in [0.2, 0.25) is 0 Å². The molecule has 6 heteroatoms. The minimum absolute atomic E-state index is 0.00639. The SMILES string of the molecule is COCc1sc(N)c(C(=O)N2CCOCC2)c1C. The number of amides is 1. The molecular formula is C12H18N2O3S. The van der Waals surface area contributed by atoms with E-state index in [-0.39, 0.29) is 5.91 Å². The molecule has 100 valence electrons. The highest BCUT2D eigenvalue weighted by Gasteiger charge is 2.25. The lowest BCUT2D eigenvalue weighted by molar-refractivity contribution is 0.0303. The second kappa shape index (κ2) is 5.69. The maximum absolute atomic E-state index is 12.4. The van der Waals surface area contributed by atoms with E-state index >= 15 is 0 Å². The summed E-state index contributed by atoms with van der Waals surface area (Å²) in [5, 5.41) is 0.580. The molecule has 1 aromatic rings. The lowest BCUT2D eigenvalue weighted by atomic mass is 10.1. The number of morpholine rings is 1. The summed E-state index contributed by atoms with van der Waals surface area (Å²) in [6.07, 6.45) is 0. The molecule has 1 aromatic heterocycles. The molecule has 0 aliphatic carbocycles. The van der Waals surface area contributed by atoms with Gasteiger partial charge in [-0.25, -0.2) is 0 Å². The van der Waals surface area contributed by atoms with E-state index in [1.807, 2.05) is 6.92 Å². The van der Waals surface area contributed by atoms with Crippen molar-refractivity contribution >= 4 is 22.2 Å². The molecule has 0 unspecified atom stereocenters. The number of methoxy groups -OCH3 is 1. The maximum Gasteiger partial charge on any atom is 0.257 e. The van der Waals surface area contributed by atoms with Gasteiger partial charge in [0.25, 0.3) is 5.91 Å². The summed E-state index contributed by atoms with van der Waals surface area (Å²) in [5.41, 5.74) is 7.54. The number of ether oxygens (including phenoxy) is 2. The number of rotatable bonds is 3. The predicted molar refractivity (Wildman–Crippen MR) is 70.9 cm³/mol. The van der Waals surface area contributed by atoms with Gasteiger partial charge in [0, 0.05) is 25.1 Å². The predicted octanol–water partition coefficient (Wildman–Crippen LogP) is 1.26. The molecule has 2 heterocycles. The Hall–Kier alpha value is -1.11. The first-order valence-corrected chi connectivity index (χ1v) is 6.70. The topological polar surface area (TPSA) is 64.8 Å². The third kappa shape index (κ3) is 2.50. The van der Waals surface area contributed by atoms with Gasteiger partial charge in [-0.05, 0) is 12.5 Å². The lowest BCUT2D eigenvalue weighted by Gasteiger charge is -2.27. The van der Waals surface area contributed by atoms with Gasteiger partial charge in [0.15, 0.2) is 0 Å². The molecule has 1 aliphatic rings. The van der Waals surface area contributed by atoms with Gasteiger partial charge in [-0.15, -0.1) is 11.3 Å². The molecule has 0 aromatic carbocycles. The molecule has 18 heavy (non-hydrogen) atoms. The van der Waals surface area contributed by atoms with Gasteiger partial charge in [0.1, 0.15) is 0 Å². The van der Waals surface area contributed by atoms with Crippen LogP contribution in [0.15, 0.2) is 0 Å². The third-order valence-corrected chi connectivity index (χ3v) is 4.15. The molecule has 2 rings (SSSR count). The Balaban J connectivity index is 2.23. The van der Waals surface area contributed by atoms with E-state index in [0.29, 0.717) is 43.5 Å². The number of thiophene rings is 1. The Kier molecular flexibility index (Phi) is 4.21. The molecule has 0 saturated carbocycles. The molecule has 5 nitrogen and oxygen atoms in total. The molecule has 0 spiro atoms. The van der Waals surface area contributed by atoms with Crippen LogP contribution in [-0.4, -0.2) is 44.2 Å². The van der Waals surface area contributed by atoms with Crippen LogP contribution in [0.25, 0.3) is 0 Å². The highest BCUT2D eigenvalue weighted by molar-refractivity contribution is 7.16. The summed E-state index contributed by atoms with van der Waals surface area (Å²) in [4.78, 5) is 15.2. The van der Waals surface area contributed by atoms with E-state index in [1.165, 1.54) is 11.3 Å². The summed E-state index contributed by atoms with van der Waals surface area (Å²) >= 11 is 1.43. The molecule has 1 amide bonds. The van der Waals surface area contributed by atoms with Gasteiger partial charge in [-0.2, -0.15) is 0 Å². The van der Waals surface area contributed by atoms with Crippen LogP contribution in [-0.2, 0) is 16.1 Å². The zero-order valence-electron chi connectivity index (χ0n) is 10.7. The molecule has 2 N–H and O–H groups in total. The van der Waals surface area contributed by atoms with Gasteiger partial charge >= 0.3 is 0 Å². The molecule has 0 radical (unpaired) electrons. The van der Waals surface area contributed by atoms with Crippen molar-refractivity contribution in [1.82, 2.24) is 4.90 Å². The minimum Gasteiger partial charge on any atom is -0.390 e. The second-order valence-electron chi connectivity index (χ2n) is 4.23. The number of carbonyl (C=O) groups excluding carboxylic acids is 1. The summed E-state index contributed by atoms with van der Waals surface area (Å²) in [6.45, 7) is 4.88. The van der Waals surface area contributed by atoms with E-state index < -0.39 is 0 Å². The zero-order chi connectivity index (χ0) is 13.1. The molecular weight excluding hydrogens is 252 g/mol. The highest BCUT2D eigenvalue weighted by atomic mass is 32.1. The second-order valence-corrected chi connectivity index (χ2v) is 5.36. The van der Waals surface area contributed by atoms with Crippen LogP contribution in [0.1, 0.15) is 20.8 Å². The average Bonchev–Trinajstić information content (AvgIpc) is 2.65. The first-order chi connectivity index (χ1) is 8.65. The summed E-state index contributed by atoms with van der Waals surface area (Å²) in [5.74, 6) is 0.00639. The molecule has 1 fully saturated rings. The largest absolute Gasteiger partial charge is 0.390 e. The normalized spacial score (nSPS) is 16.0. The monoisotopic (exact) mass is 270 g/mol. The molecule has 1 aliphatic heterocycles. The number of hydrogen-bond acceptors (Lipinski definition) is 5. The van der Waals surface area contributed by atoms with Crippen molar-refractivity contribution in [3.8, 4) is 0 Å². The van der Waals surface area contributed by atoms with Crippen molar-refractivity contribution in [1.29, 1.82) is 0 Å². The Morgan fingerprint density at radius 2 is 2.17 bits per heavy atom. The fourth-order valence-corrected chi connectivity index (χ4v) is 3.08. The Bertz CT molecular complexity index is 439. The van der Waals surface area contributed by atoms with Crippen molar-refractivity contribution in [3.05, 3.63) is 16.0 Å². The third-order valence-electron chi connectivity index (χ3n) is 3.06. The number of nitrogens with two attached hydrogens (primary N) is 1. The van der Waals surface area contributed by atoms with Crippen LogP contribution in [0.3, 0.4) is 0 Å². The van der Waals surface area contributed by atoms with E-state index in [9.17, 15) is 4.79 Å².